The fraction of sp³-hybridized carbons (Fsp3) is 0.167. The van der Waals surface area contributed by atoms with E-state index in [0.717, 1.165) is 0 Å². The third kappa shape index (κ3) is 2.52. The number of hydrogen-bond donors (Lipinski definition) is 0. The third-order valence-corrected chi connectivity index (χ3v) is 1.09. The minimum Gasteiger partial charge on any atom is -0.472 e. The van der Waals surface area contributed by atoms with Crippen molar-refractivity contribution in [1.82, 2.24) is 4.98 Å². The molecule has 1 heterocycles. The van der Waals surface area contributed by atoms with E-state index in [1.54, 1.807) is 12.1 Å². The van der Waals surface area contributed by atoms with Crippen LogP contribution in [0.5, 0.6) is 5.88 Å². The summed E-state index contributed by atoms with van der Waals surface area (Å²) >= 11 is 0. The van der Waals surface area contributed by atoms with Gasteiger partial charge in [0.1, 0.15) is 7.85 Å². The fourth-order valence-corrected chi connectivity index (χ4v) is 0.598. The molecular formula is C6H5BN4O. The van der Waals surface area contributed by atoms with Crippen LogP contribution in [0.3, 0.4) is 0 Å². The topological polar surface area (TPSA) is 70.9 Å². The number of aromatic nitrogens is 1. The van der Waals surface area contributed by atoms with Crippen molar-refractivity contribution in [3.63, 3.8) is 0 Å². The first kappa shape index (κ1) is 8.42. The molecule has 0 aliphatic heterocycles. The molecule has 6 heteroatoms. The van der Waals surface area contributed by atoms with Gasteiger partial charge in [-0.05, 0) is 11.6 Å². The summed E-state index contributed by atoms with van der Waals surface area (Å²) in [5.74, 6) is 0.386. The first-order valence-electron chi connectivity index (χ1n) is 3.18. The van der Waals surface area contributed by atoms with Crippen molar-refractivity contribution in [2.24, 2.45) is 5.11 Å². The van der Waals surface area contributed by atoms with Gasteiger partial charge in [-0.25, -0.2) is 4.98 Å². The zero-order valence-corrected chi connectivity index (χ0v) is 6.21. The van der Waals surface area contributed by atoms with Gasteiger partial charge in [-0.3, -0.25) is 0 Å². The quantitative estimate of drug-likeness (QED) is 0.280. The molecule has 0 amide bonds. The van der Waals surface area contributed by atoms with Gasteiger partial charge in [0, 0.05) is 11.1 Å². The normalized spacial score (nSPS) is 8.67. The average molecular weight is 160 g/mol. The Balaban J connectivity index is 2.53. The number of nitrogens with zero attached hydrogens (tertiary/aromatic N) is 4. The minimum absolute atomic E-state index is 0.0621. The number of ether oxygens (including phenoxy) is 1. The van der Waals surface area contributed by atoms with Crippen LogP contribution >= 0.6 is 0 Å². The summed E-state index contributed by atoms with van der Waals surface area (Å²) in [6, 6.07) is 3.25. The Morgan fingerprint density at radius 2 is 2.50 bits per heavy atom. The third-order valence-electron chi connectivity index (χ3n) is 1.09. The van der Waals surface area contributed by atoms with Crippen molar-refractivity contribution < 1.29 is 4.74 Å². The Hall–Kier alpha value is -1.68. The molecule has 1 rings (SSSR count). The van der Waals surface area contributed by atoms with Crippen molar-refractivity contribution in [2.45, 2.75) is 0 Å². The summed E-state index contributed by atoms with van der Waals surface area (Å²) in [6.45, 7) is -0.0621. The SMILES string of the molecule is [B]c1ccc(OCN=[N+]=[N-])nc1. The van der Waals surface area contributed by atoms with E-state index in [9.17, 15) is 0 Å². The molecule has 0 bridgehead atoms. The highest BCUT2D eigenvalue weighted by Gasteiger charge is 1.91. The summed E-state index contributed by atoms with van der Waals surface area (Å²) in [5.41, 5.74) is 8.49. The maximum absolute atomic E-state index is 7.93. The molecule has 0 aliphatic rings. The summed E-state index contributed by atoms with van der Waals surface area (Å²) in [6.07, 6.45) is 1.46. The average Bonchev–Trinajstić information content (AvgIpc) is 2.09. The van der Waals surface area contributed by atoms with E-state index in [1.807, 2.05) is 0 Å². The molecule has 0 saturated heterocycles. The van der Waals surface area contributed by atoms with Crippen LogP contribution in [-0.4, -0.2) is 19.6 Å². The van der Waals surface area contributed by atoms with Crippen LogP contribution in [0, 0.1) is 0 Å². The highest BCUT2D eigenvalue weighted by Crippen LogP contribution is 2.01. The maximum Gasteiger partial charge on any atom is 0.213 e. The van der Waals surface area contributed by atoms with Crippen molar-refractivity contribution in [2.75, 3.05) is 6.73 Å². The van der Waals surface area contributed by atoms with Gasteiger partial charge >= 0.3 is 0 Å². The molecule has 5 nitrogen and oxygen atoms in total. The van der Waals surface area contributed by atoms with Gasteiger partial charge in [0.2, 0.25) is 5.88 Å². The molecule has 0 aliphatic carbocycles. The van der Waals surface area contributed by atoms with Crippen LogP contribution in [0.25, 0.3) is 10.4 Å². The monoisotopic (exact) mass is 160 g/mol. The molecule has 0 atom stereocenters. The summed E-state index contributed by atoms with van der Waals surface area (Å²) < 4.78 is 4.91. The lowest BCUT2D eigenvalue weighted by molar-refractivity contribution is 0.316. The summed E-state index contributed by atoms with van der Waals surface area (Å²) in [7, 11) is 5.38. The molecule has 0 saturated carbocycles. The second-order valence-electron chi connectivity index (χ2n) is 1.93. The molecule has 58 valence electrons. The van der Waals surface area contributed by atoms with Gasteiger partial charge in [-0.2, -0.15) is 0 Å². The molecule has 0 aromatic carbocycles. The van der Waals surface area contributed by atoms with E-state index in [1.165, 1.54) is 6.20 Å². The van der Waals surface area contributed by atoms with Gasteiger partial charge in [0.05, 0.1) is 0 Å². The zero-order valence-electron chi connectivity index (χ0n) is 6.21. The van der Waals surface area contributed by atoms with Crippen LogP contribution in [0.4, 0.5) is 0 Å². The van der Waals surface area contributed by atoms with Gasteiger partial charge in [-0.1, -0.05) is 16.6 Å². The van der Waals surface area contributed by atoms with Gasteiger partial charge < -0.3 is 4.74 Å². The number of rotatable bonds is 3. The first-order valence-corrected chi connectivity index (χ1v) is 3.18. The number of pyridine rings is 1. The van der Waals surface area contributed by atoms with Crippen molar-refractivity contribution in [3.05, 3.63) is 28.8 Å². The Morgan fingerprint density at radius 1 is 1.67 bits per heavy atom. The van der Waals surface area contributed by atoms with Crippen molar-refractivity contribution in [1.29, 1.82) is 0 Å². The number of azide groups is 1. The second kappa shape index (κ2) is 4.25. The fourth-order valence-electron chi connectivity index (χ4n) is 0.598. The smallest absolute Gasteiger partial charge is 0.213 e. The molecule has 1 aromatic heterocycles. The molecule has 0 fully saturated rings. The second-order valence-corrected chi connectivity index (χ2v) is 1.93. The van der Waals surface area contributed by atoms with E-state index < -0.39 is 0 Å². The molecule has 0 N–H and O–H groups in total. The largest absolute Gasteiger partial charge is 0.472 e. The van der Waals surface area contributed by atoms with Gasteiger partial charge in [0.15, 0.2) is 6.73 Å². The minimum atomic E-state index is -0.0621. The standard InChI is InChI=1S/C6H5BN4O/c7-5-1-2-6(9-3-5)12-4-10-11-8/h1-3H,4H2. The van der Waals surface area contributed by atoms with Crippen molar-refractivity contribution >= 4 is 13.3 Å². The van der Waals surface area contributed by atoms with E-state index in [2.05, 4.69) is 15.0 Å². The molecule has 12 heavy (non-hydrogen) atoms. The Kier molecular flexibility index (Phi) is 2.99. The summed E-state index contributed by atoms with van der Waals surface area (Å²) in [5, 5.41) is 3.18. The van der Waals surface area contributed by atoms with Crippen LogP contribution in [-0.2, 0) is 0 Å². The van der Waals surface area contributed by atoms with Crippen LogP contribution in [0.2, 0.25) is 0 Å². The summed E-state index contributed by atoms with van der Waals surface area (Å²) in [4.78, 5) is 6.34. The van der Waals surface area contributed by atoms with E-state index in [-0.39, 0.29) is 6.73 Å². The van der Waals surface area contributed by atoms with E-state index in [0.29, 0.717) is 11.3 Å². The molecule has 0 spiro atoms. The van der Waals surface area contributed by atoms with Crippen LogP contribution in [0.15, 0.2) is 23.4 Å². The maximum atomic E-state index is 7.93. The molecule has 1 aromatic rings. The highest BCUT2D eigenvalue weighted by atomic mass is 16.5. The van der Waals surface area contributed by atoms with Crippen LogP contribution < -0.4 is 10.2 Å². The molecule has 0 unspecified atom stereocenters. The van der Waals surface area contributed by atoms with Crippen LogP contribution in [0.1, 0.15) is 0 Å². The molecule has 2 radical (unpaired) electrons. The van der Waals surface area contributed by atoms with Crippen molar-refractivity contribution in [3.8, 4) is 5.88 Å². The molecular weight excluding hydrogens is 155 g/mol. The number of hydrogen-bond acceptors (Lipinski definition) is 3. The Morgan fingerprint density at radius 3 is 3.08 bits per heavy atom. The van der Waals surface area contributed by atoms with Gasteiger partial charge in [0.25, 0.3) is 0 Å². The lowest BCUT2D eigenvalue weighted by Gasteiger charge is -1.99. The lowest BCUT2D eigenvalue weighted by atomic mass is 9.99. The Labute approximate surface area is 70.4 Å². The zero-order chi connectivity index (χ0) is 8.81. The first-order chi connectivity index (χ1) is 5.83. The van der Waals surface area contributed by atoms with E-state index >= 15 is 0 Å². The predicted molar refractivity (Wildman–Crippen MR) is 44.3 cm³/mol. The lowest BCUT2D eigenvalue weighted by Crippen LogP contribution is -2.03. The highest BCUT2D eigenvalue weighted by molar-refractivity contribution is 6.32. The Bertz CT molecular complexity index is 293. The predicted octanol–water partition coefficient (Wildman–Crippen LogP) is 0.522. The van der Waals surface area contributed by atoms with E-state index in [4.69, 9.17) is 18.1 Å². The van der Waals surface area contributed by atoms with Gasteiger partial charge in [-0.15, -0.1) is 0 Å².